The van der Waals surface area contributed by atoms with Crippen molar-refractivity contribution in [3.63, 3.8) is 0 Å². The van der Waals surface area contributed by atoms with Gasteiger partial charge in [-0.1, -0.05) is 11.6 Å². The molecule has 1 fully saturated rings. The lowest BCUT2D eigenvalue weighted by atomic mass is 9.91. The molecule has 1 aliphatic rings. The minimum atomic E-state index is -0.909. The largest absolute Gasteiger partial charge is 0.481 e. The van der Waals surface area contributed by atoms with Crippen molar-refractivity contribution in [3.05, 3.63) is 28.8 Å². The van der Waals surface area contributed by atoms with Gasteiger partial charge in [0, 0.05) is 32.3 Å². The van der Waals surface area contributed by atoms with Crippen LogP contribution in [0, 0.1) is 5.92 Å². The average Bonchev–Trinajstić information content (AvgIpc) is 3.17. The molecule has 10 heteroatoms. The van der Waals surface area contributed by atoms with E-state index >= 15 is 0 Å². The van der Waals surface area contributed by atoms with Crippen LogP contribution in [0.25, 0.3) is 0 Å². The molecule has 122 valence electrons. The van der Waals surface area contributed by atoms with E-state index in [1.165, 1.54) is 4.68 Å². The number of halogens is 1. The van der Waals surface area contributed by atoms with E-state index in [0.29, 0.717) is 18.8 Å². The third-order valence-electron chi connectivity index (χ3n) is 3.97. The van der Waals surface area contributed by atoms with Gasteiger partial charge < -0.3 is 10.0 Å². The second-order valence-electron chi connectivity index (χ2n) is 5.57. The number of aliphatic carboxylic acids is 1. The SMILES string of the molecule is Cn1cc(Cl)c(C(=O)N2C[C@H](CC(=O)O)[C@H](c3cn[nH]n3)C2)n1. The number of aromatic amines is 1. The monoisotopic (exact) mass is 338 g/mol. The molecule has 0 aliphatic carbocycles. The number of nitrogens with one attached hydrogen (secondary N) is 1. The molecule has 0 spiro atoms. The highest BCUT2D eigenvalue weighted by Gasteiger charge is 2.39. The van der Waals surface area contributed by atoms with Gasteiger partial charge in [-0.3, -0.25) is 14.3 Å². The molecule has 23 heavy (non-hydrogen) atoms. The zero-order valence-corrected chi connectivity index (χ0v) is 13.1. The number of hydrogen-bond donors (Lipinski definition) is 2. The number of rotatable bonds is 4. The van der Waals surface area contributed by atoms with E-state index in [9.17, 15) is 9.59 Å². The normalized spacial score (nSPS) is 20.9. The molecule has 0 radical (unpaired) electrons. The molecular weight excluding hydrogens is 324 g/mol. The van der Waals surface area contributed by atoms with Gasteiger partial charge in [-0.05, 0) is 5.92 Å². The molecule has 1 amide bonds. The first kappa shape index (κ1) is 15.5. The lowest BCUT2D eigenvalue weighted by Gasteiger charge is -2.14. The number of carboxylic acid groups (broad SMARTS) is 1. The first-order chi connectivity index (χ1) is 11.0. The third kappa shape index (κ3) is 3.04. The molecule has 3 heterocycles. The van der Waals surface area contributed by atoms with Crippen LogP contribution in [0.5, 0.6) is 0 Å². The first-order valence-electron chi connectivity index (χ1n) is 7.01. The fourth-order valence-electron chi connectivity index (χ4n) is 2.95. The Morgan fingerprint density at radius 1 is 1.48 bits per heavy atom. The van der Waals surface area contributed by atoms with E-state index in [-0.39, 0.29) is 34.9 Å². The molecule has 1 saturated heterocycles. The van der Waals surface area contributed by atoms with Crippen molar-refractivity contribution in [1.29, 1.82) is 0 Å². The predicted molar refractivity (Wildman–Crippen MR) is 79.0 cm³/mol. The minimum absolute atomic E-state index is 0.0444. The van der Waals surface area contributed by atoms with Crippen molar-refractivity contribution >= 4 is 23.5 Å². The number of aromatic nitrogens is 5. The fraction of sp³-hybridized carbons (Fsp3) is 0.462. The standard InChI is InChI=1S/C13H15ClN6O3/c1-19-6-9(14)12(17-19)13(23)20-4-7(2-11(21)22)8(5-20)10-3-15-18-16-10/h3,6-8H,2,4-5H2,1H3,(H,21,22)(H,15,16,18)/t7-,8+/m0/s1. The van der Waals surface area contributed by atoms with Crippen LogP contribution in [0.3, 0.4) is 0 Å². The number of nitrogens with zero attached hydrogens (tertiary/aromatic N) is 5. The van der Waals surface area contributed by atoms with Gasteiger partial charge in [-0.15, -0.1) is 0 Å². The van der Waals surface area contributed by atoms with Crippen LogP contribution in [0.2, 0.25) is 5.02 Å². The molecule has 9 nitrogen and oxygen atoms in total. The van der Waals surface area contributed by atoms with Gasteiger partial charge in [0.1, 0.15) is 0 Å². The van der Waals surface area contributed by atoms with Gasteiger partial charge in [-0.25, -0.2) is 0 Å². The molecular formula is C13H15ClN6O3. The summed E-state index contributed by atoms with van der Waals surface area (Å²) in [5.74, 6) is -1.63. The Bertz CT molecular complexity index is 728. The fourth-order valence-corrected chi connectivity index (χ4v) is 3.21. The number of H-pyrrole nitrogens is 1. The van der Waals surface area contributed by atoms with Gasteiger partial charge in [0.15, 0.2) is 5.69 Å². The number of carbonyl (C=O) groups excluding carboxylic acids is 1. The highest BCUT2D eigenvalue weighted by atomic mass is 35.5. The lowest BCUT2D eigenvalue weighted by molar-refractivity contribution is -0.138. The molecule has 2 atom stereocenters. The number of amides is 1. The maximum absolute atomic E-state index is 12.6. The topological polar surface area (TPSA) is 117 Å². The zero-order valence-electron chi connectivity index (χ0n) is 12.3. The highest BCUT2D eigenvalue weighted by molar-refractivity contribution is 6.33. The van der Waals surface area contributed by atoms with Crippen molar-refractivity contribution < 1.29 is 14.7 Å². The summed E-state index contributed by atoms with van der Waals surface area (Å²) < 4.78 is 1.47. The summed E-state index contributed by atoms with van der Waals surface area (Å²) >= 11 is 6.02. The second kappa shape index (κ2) is 5.99. The van der Waals surface area contributed by atoms with E-state index < -0.39 is 5.97 Å². The molecule has 0 aromatic carbocycles. The number of carboxylic acids is 1. The number of hydrogen-bond acceptors (Lipinski definition) is 5. The molecule has 0 saturated carbocycles. The summed E-state index contributed by atoms with van der Waals surface area (Å²) in [6.45, 7) is 0.672. The van der Waals surface area contributed by atoms with E-state index in [2.05, 4.69) is 20.5 Å². The summed E-state index contributed by atoms with van der Waals surface area (Å²) in [6.07, 6.45) is 3.06. The zero-order chi connectivity index (χ0) is 16.6. The summed E-state index contributed by atoms with van der Waals surface area (Å²) in [4.78, 5) is 25.3. The van der Waals surface area contributed by atoms with E-state index in [1.807, 2.05) is 0 Å². The Labute approximate surface area is 136 Å². The number of carbonyl (C=O) groups is 2. The summed E-state index contributed by atoms with van der Waals surface area (Å²) in [6, 6.07) is 0. The smallest absolute Gasteiger partial charge is 0.303 e. The van der Waals surface area contributed by atoms with Gasteiger partial charge in [0.2, 0.25) is 0 Å². The van der Waals surface area contributed by atoms with Gasteiger partial charge >= 0.3 is 5.97 Å². The average molecular weight is 339 g/mol. The van der Waals surface area contributed by atoms with Crippen LogP contribution >= 0.6 is 11.6 Å². The first-order valence-corrected chi connectivity index (χ1v) is 7.39. The minimum Gasteiger partial charge on any atom is -0.481 e. The quantitative estimate of drug-likeness (QED) is 0.839. The van der Waals surface area contributed by atoms with Crippen LogP contribution < -0.4 is 0 Å². The van der Waals surface area contributed by atoms with Crippen LogP contribution in [-0.2, 0) is 11.8 Å². The van der Waals surface area contributed by atoms with Crippen LogP contribution in [0.1, 0.15) is 28.5 Å². The Hall–Kier alpha value is -2.42. The van der Waals surface area contributed by atoms with Crippen molar-refractivity contribution in [2.45, 2.75) is 12.3 Å². The van der Waals surface area contributed by atoms with E-state index in [4.69, 9.17) is 16.7 Å². The maximum atomic E-state index is 12.6. The maximum Gasteiger partial charge on any atom is 0.303 e. The van der Waals surface area contributed by atoms with Crippen LogP contribution in [-0.4, -0.2) is 60.2 Å². The molecule has 3 rings (SSSR count). The molecule has 2 aromatic rings. The van der Waals surface area contributed by atoms with Crippen LogP contribution in [0.15, 0.2) is 12.4 Å². The highest BCUT2D eigenvalue weighted by Crippen LogP contribution is 2.34. The predicted octanol–water partition coefficient (Wildman–Crippen LogP) is 0.522. The van der Waals surface area contributed by atoms with Gasteiger partial charge in [0.25, 0.3) is 5.91 Å². The Morgan fingerprint density at radius 2 is 2.26 bits per heavy atom. The van der Waals surface area contributed by atoms with Gasteiger partial charge in [-0.2, -0.15) is 20.5 Å². The summed E-state index contributed by atoms with van der Waals surface area (Å²) in [7, 11) is 1.68. The lowest BCUT2D eigenvalue weighted by Crippen LogP contribution is -2.29. The van der Waals surface area contributed by atoms with Crippen LogP contribution in [0.4, 0.5) is 0 Å². The Morgan fingerprint density at radius 3 is 2.83 bits per heavy atom. The molecule has 1 aliphatic heterocycles. The van der Waals surface area contributed by atoms with E-state index in [1.54, 1.807) is 24.3 Å². The Balaban J connectivity index is 1.83. The molecule has 0 bridgehead atoms. The molecule has 2 aromatic heterocycles. The summed E-state index contributed by atoms with van der Waals surface area (Å²) in [5.41, 5.74) is 0.822. The second-order valence-corrected chi connectivity index (χ2v) is 5.98. The number of aryl methyl sites for hydroxylation is 1. The van der Waals surface area contributed by atoms with Gasteiger partial charge in [0.05, 0.1) is 23.3 Å². The number of likely N-dealkylation sites (tertiary alicyclic amines) is 1. The third-order valence-corrected chi connectivity index (χ3v) is 4.24. The van der Waals surface area contributed by atoms with Crippen molar-refractivity contribution in [2.24, 2.45) is 13.0 Å². The Kier molecular flexibility index (Phi) is 4.03. The van der Waals surface area contributed by atoms with Crippen molar-refractivity contribution in [1.82, 2.24) is 30.1 Å². The summed E-state index contributed by atoms with van der Waals surface area (Å²) in [5, 5.41) is 23.8. The van der Waals surface area contributed by atoms with E-state index in [0.717, 1.165) is 0 Å². The molecule has 2 N–H and O–H groups in total. The molecule has 0 unspecified atom stereocenters. The van der Waals surface area contributed by atoms with Crippen molar-refractivity contribution in [3.8, 4) is 0 Å². The van der Waals surface area contributed by atoms with Crippen molar-refractivity contribution in [2.75, 3.05) is 13.1 Å².